The molecule has 0 aromatic carbocycles. The zero-order valence-electron chi connectivity index (χ0n) is 14.0. The molecule has 0 radical (unpaired) electrons. The molecule has 7 atom stereocenters. The molecule has 0 heterocycles. The van der Waals surface area contributed by atoms with Crippen molar-refractivity contribution in [1.29, 1.82) is 0 Å². The Kier molecular flexibility index (Phi) is 3.65. The number of Topliss-reactive ketones (excluding diaryl/α,β-unsaturated/α-hetero) is 1. The molecule has 4 rings (SSSR count). The Morgan fingerprint density at radius 1 is 1.13 bits per heavy atom. The first-order chi connectivity index (χ1) is 10.8. The molecular formula is C19H27BrO3. The maximum atomic E-state index is 12.5. The highest BCUT2D eigenvalue weighted by atomic mass is 79.9. The van der Waals surface area contributed by atoms with E-state index in [1.165, 1.54) is 10.1 Å². The highest BCUT2D eigenvalue weighted by molar-refractivity contribution is 9.11. The number of aliphatic hydroxyl groups excluding tert-OH is 2. The lowest BCUT2D eigenvalue weighted by Crippen LogP contribution is -2.56. The SMILES string of the molecule is C[C@]12CC[C@@H]3[C@@H](CC(Br)=C4CC(O)CC(O)[C@@]43C)[C@@H]1CCC2=O. The van der Waals surface area contributed by atoms with Crippen molar-refractivity contribution in [3.05, 3.63) is 10.1 Å². The summed E-state index contributed by atoms with van der Waals surface area (Å²) in [5.41, 5.74) is 0.855. The third-order valence-electron chi connectivity index (χ3n) is 7.94. The highest BCUT2D eigenvalue weighted by Crippen LogP contribution is 2.65. The van der Waals surface area contributed by atoms with Crippen molar-refractivity contribution in [1.82, 2.24) is 0 Å². The molecule has 0 aromatic heterocycles. The second-order valence-electron chi connectivity index (χ2n) is 8.77. The summed E-state index contributed by atoms with van der Waals surface area (Å²) < 4.78 is 1.18. The van der Waals surface area contributed by atoms with E-state index in [2.05, 4.69) is 29.8 Å². The Bertz CT molecular complexity index is 585. The molecule has 23 heavy (non-hydrogen) atoms. The second kappa shape index (κ2) is 5.15. The molecular weight excluding hydrogens is 356 g/mol. The normalized spacial score (nSPS) is 52.9. The van der Waals surface area contributed by atoms with Gasteiger partial charge in [-0.2, -0.15) is 0 Å². The Labute approximate surface area is 146 Å². The van der Waals surface area contributed by atoms with E-state index in [0.29, 0.717) is 36.4 Å². The van der Waals surface area contributed by atoms with Crippen LogP contribution >= 0.6 is 15.9 Å². The summed E-state index contributed by atoms with van der Waals surface area (Å²) >= 11 is 3.78. The molecule has 3 nitrogen and oxygen atoms in total. The summed E-state index contributed by atoms with van der Waals surface area (Å²) in [6.45, 7) is 4.39. The first-order valence-corrected chi connectivity index (χ1v) is 9.85. The van der Waals surface area contributed by atoms with Crippen LogP contribution in [0.2, 0.25) is 0 Å². The fraction of sp³-hybridized carbons (Fsp3) is 0.842. The lowest BCUT2D eigenvalue weighted by molar-refractivity contribution is -0.135. The molecule has 0 bridgehead atoms. The van der Waals surface area contributed by atoms with Gasteiger partial charge in [-0.15, -0.1) is 0 Å². The molecule has 2 unspecified atom stereocenters. The largest absolute Gasteiger partial charge is 0.393 e. The number of hydrogen-bond acceptors (Lipinski definition) is 3. The number of rotatable bonds is 0. The summed E-state index contributed by atoms with van der Waals surface area (Å²) in [6.07, 6.45) is 4.95. The second-order valence-corrected chi connectivity index (χ2v) is 9.73. The van der Waals surface area contributed by atoms with Gasteiger partial charge in [-0.25, -0.2) is 0 Å². The van der Waals surface area contributed by atoms with Gasteiger partial charge in [-0.1, -0.05) is 29.8 Å². The quantitative estimate of drug-likeness (QED) is 0.673. The van der Waals surface area contributed by atoms with Gasteiger partial charge in [0, 0.05) is 23.7 Å². The maximum Gasteiger partial charge on any atom is 0.139 e. The average molecular weight is 383 g/mol. The highest BCUT2D eigenvalue weighted by Gasteiger charge is 2.61. The van der Waals surface area contributed by atoms with E-state index in [-0.39, 0.29) is 10.8 Å². The smallest absolute Gasteiger partial charge is 0.139 e. The van der Waals surface area contributed by atoms with Crippen LogP contribution < -0.4 is 0 Å². The van der Waals surface area contributed by atoms with Crippen molar-refractivity contribution in [2.24, 2.45) is 28.6 Å². The van der Waals surface area contributed by atoms with Crippen molar-refractivity contribution in [3.63, 3.8) is 0 Å². The van der Waals surface area contributed by atoms with Gasteiger partial charge in [0.1, 0.15) is 5.78 Å². The van der Waals surface area contributed by atoms with Crippen LogP contribution in [0.15, 0.2) is 10.1 Å². The van der Waals surface area contributed by atoms with E-state index in [0.717, 1.165) is 32.1 Å². The molecule has 128 valence electrons. The first-order valence-electron chi connectivity index (χ1n) is 9.06. The third-order valence-corrected chi connectivity index (χ3v) is 8.74. The molecule has 3 fully saturated rings. The van der Waals surface area contributed by atoms with Crippen molar-refractivity contribution in [2.75, 3.05) is 0 Å². The minimum Gasteiger partial charge on any atom is -0.393 e. The van der Waals surface area contributed by atoms with Crippen molar-refractivity contribution < 1.29 is 15.0 Å². The van der Waals surface area contributed by atoms with E-state index in [4.69, 9.17) is 0 Å². The van der Waals surface area contributed by atoms with Gasteiger partial charge in [0.15, 0.2) is 0 Å². The lowest BCUT2D eigenvalue weighted by Gasteiger charge is -2.58. The van der Waals surface area contributed by atoms with E-state index >= 15 is 0 Å². The Balaban J connectivity index is 1.77. The molecule has 4 heteroatoms. The molecule has 4 aliphatic carbocycles. The number of aliphatic hydroxyl groups is 2. The van der Waals surface area contributed by atoms with Gasteiger partial charge in [0.05, 0.1) is 12.2 Å². The molecule has 4 aliphatic rings. The predicted molar refractivity (Wildman–Crippen MR) is 92.0 cm³/mol. The van der Waals surface area contributed by atoms with E-state index in [1.807, 2.05) is 0 Å². The van der Waals surface area contributed by atoms with Crippen LogP contribution in [-0.4, -0.2) is 28.2 Å². The topological polar surface area (TPSA) is 57.5 Å². The predicted octanol–water partition coefficient (Wildman–Crippen LogP) is 3.57. The van der Waals surface area contributed by atoms with Crippen LogP contribution in [-0.2, 0) is 4.79 Å². The number of halogens is 1. The lowest BCUT2D eigenvalue weighted by atomic mass is 9.47. The van der Waals surface area contributed by atoms with Gasteiger partial charge in [0.2, 0.25) is 0 Å². The van der Waals surface area contributed by atoms with Crippen molar-refractivity contribution in [2.45, 2.75) is 71.0 Å². The summed E-state index contributed by atoms with van der Waals surface area (Å²) in [7, 11) is 0. The molecule has 0 aliphatic heterocycles. The number of carbonyl (C=O) groups excluding carboxylic acids is 1. The fourth-order valence-electron chi connectivity index (χ4n) is 6.53. The van der Waals surface area contributed by atoms with E-state index < -0.39 is 12.2 Å². The number of carbonyl (C=O) groups is 1. The number of fused-ring (bicyclic) bond motifs is 5. The average Bonchev–Trinajstić information content (AvgIpc) is 2.78. The Morgan fingerprint density at radius 3 is 2.61 bits per heavy atom. The summed E-state index contributed by atoms with van der Waals surface area (Å²) in [5, 5.41) is 21.0. The molecule has 3 saturated carbocycles. The molecule has 0 spiro atoms. The molecule has 0 saturated heterocycles. The Hall–Kier alpha value is -0.190. The van der Waals surface area contributed by atoms with Crippen molar-refractivity contribution >= 4 is 21.7 Å². The molecule has 0 aromatic rings. The van der Waals surface area contributed by atoms with E-state index in [1.54, 1.807) is 0 Å². The monoisotopic (exact) mass is 382 g/mol. The van der Waals surface area contributed by atoms with Crippen LogP contribution in [0, 0.1) is 28.6 Å². The molecule has 0 amide bonds. The first kappa shape index (κ1) is 16.3. The van der Waals surface area contributed by atoms with Gasteiger partial charge in [0.25, 0.3) is 0 Å². The van der Waals surface area contributed by atoms with Gasteiger partial charge in [-0.3, -0.25) is 4.79 Å². The maximum absolute atomic E-state index is 12.5. The van der Waals surface area contributed by atoms with E-state index in [9.17, 15) is 15.0 Å². The van der Waals surface area contributed by atoms with Crippen molar-refractivity contribution in [3.8, 4) is 0 Å². The summed E-state index contributed by atoms with van der Waals surface area (Å²) in [6, 6.07) is 0. The van der Waals surface area contributed by atoms with Crippen LogP contribution in [0.1, 0.15) is 58.8 Å². The minimum absolute atomic E-state index is 0.137. The van der Waals surface area contributed by atoms with Crippen LogP contribution in [0.3, 0.4) is 0 Å². The number of allylic oxidation sites excluding steroid dienone is 1. The zero-order chi connectivity index (χ0) is 16.6. The minimum atomic E-state index is -0.483. The van der Waals surface area contributed by atoms with Gasteiger partial charge in [-0.05, 0) is 59.9 Å². The third kappa shape index (κ3) is 2.04. The summed E-state index contributed by atoms with van der Waals surface area (Å²) in [5.74, 6) is 1.83. The summed E-state index contributed by atoms with van der Waals surface area (Å²) in [4.78, 5) is 12.5. The molecule has 2 N–H and O–H groups in total. The van der Waals surface area contributed by atoms with Crippen LogP contribution in [0.25, 0.3) is 0 Å². The number of ketones is 1. The number of hydrogen-bond donors (Lipinski definition) is 2. The zero-order valence-corrected chi connectivity index (χ0v) is 15.6. The Morgan fingerprint density at radius 2 is 1.87 bits per heavy atom. The van der Waals surface area contributed by atoms with Crippen LogP contribution in [0.4, 0.5) is 0 Å². The van der Waals surface area contributed by atoms with Gasteiger partial charge < -0.3 is 10.2 Å². The van der Waals surface area contributed by atoms with Gasteiger partial charge >= 0.3 is 0 Å². The fourth-order valence-corrected chi connectivity index (χ4v) is 7.50. The standard InChI is InChI=1S/C19H27BrO3/c1-18-6-5-13-11(12(18)3-4-16(18)22)9-15(20)14-7-10(21)8-17(23)19(13,14)2/h10-13,17,21,23H,3-9H2,1-2H3/t10?,11-,12-,13+,17?,18-,19+/m0/s1. The van der Waals surface area contributed by atoms with Crippen LogP contribution in [0.5, 0.6) is 0 Å².